The molecule has 2 amide bonds. The van der Waals surface area contributed by atoms with Gasteiger partial charge < -0.3 is 16.0 Å². The number of hydrogen-bond acceptors (Lipinski definition) is 3. The van der Waals surface area contributed by atoms with E-state index in [0.29, 0.717) is 6.54 Å². The van der Waals surface area contributed by atoms with Gasteiger partial charge in [-0.15, -0.1) is 0 Å². The normalized spacial score (nSPS) is 9.67. The molecule has 0 aliphatic heterocycles. The molecule has 7 nitrogen and oxygen atoms in total. The number of nitrogens with zero attached hydrogens (tertiary/aromatic N) is 1. The van der Waals surface area contributed by atoms with Crippen LogP contribution in [0.4, 0.5) is 4.79 Å². The number of primary amides is 1. The number of urea groups is 1. The molecule has 1 rings (SSSR count). The van der Waals surface area contributed by atoms with Crippen molar-refractivity contribution in [2.24, 2.45) is 5.73 Å². The van der Waals surface area contributed by atoms with E-state index < -0.39 is 6.03 Å². The molecular formula is C8H14N6O. The van der Waals surface area contributed by atoms with Crippen LogP contribution < -0.4 is 16.4 Å². The van der Waals surface area contributed by atoms with Gasteiger partial charge in [0.05, 0.1) is 18.6 Å². The maximum Gasteiger partial charge on any atom is 0.318 e. The second kappa shape index (κ2) is 4.99. The number of carbonyl (C=O) groups is 1. The first kappa shape index (κ1) is 11.0. The maximum atomic E-state index is 10.4. The third-order valence-corrected chi connectivity index (χ3v) is 1.84. The van der Waals surface area contributed by atoms with Crippen molar-refractivity contribution in [2.75, 3.05) is 0 Å². The Balaban J connectivity index is 2.43. The lowest BCUT2D eigenvalue weighted by molar-refractivity contribution is 0.252. The molecular weight excluding hydrogens is 196 g/mol. The van der Waals surface area contributed by atoms with E-state index in [9.17, 15) is 4.79 Å². The quantitative estimate of drug-likeness (QED) is 0.347. The molecule has 0 fully saturated rings. The fourth-order valence-corrected chi connectivity index (χ4v) is 1.15. The largest absolute Gasteiger partial charge is 0.351 e. The Labute approximate surface area is 87.0 Å². The van der Waals surface area contributed by atoms with Crippen LogP contribution in [0.15, 0.2) is 6.33 Å². The lowest BCUT2D eigenvalue weighted by Gasteiger charge is -2.06. The van der Waals surface area contributed by atoms with Gasteiger partial charge in [0.2, 0.25) is 0 Å². The molecule has 0 aliphatic carbocycles. The highest BCUT2D eigenvalue weighted by Crippen LogP contribution is 2.02. The van der Waals surface area contributed by atoms with E-state index in [4.69, 9.17) is 11.1 Å². The maximum absolute atomic E-state index is 10.4. The Morgan fingerprint density at radius 3 is 3.07 bits per heavy atom. The Morgan fingerprint density at radius 2 is 2.47 bits per heavy atom. The zero-order valence-corrected chi connectivity index (χ0v) is 8.42. The van der Waals surface area contributed by atoms with Crippen LogP contribution in [0, 0.1) is 5.41 Å². The Hall–Kier alpha value is -2.05. The highest BCUT2D eigenvalue weighted by molar-refractivity contribution is 5.93. The summed E-state index contributed by atoms with van der Waals surface area (Å²) in [5.41, 5.74) is 6.68. The van der Waals surface area contributed by atoms with Crippen LogP contribution in [-0.4, -0.2) is 22.0 Å². The number of nitrogens with two attached hydrogens (primary N) is 1. The highest BCUT2D eigenvalue weighted by Gasteiger charge is 2.04. The number of imidazole rings is 1. The lowest BCUT2D eigenvalue weighted by Crippen LogP contribution is -2.42. The van der Waals surface area contributed by atoms with E-state index in [2.05, 4.69) is 20.6 Å². The summed E-state index contributed by atoms with van der Waals surface area (Å²) in [4.78, 5) is 17.5. The average molecular weight is 210 g/mol. The number of amides is 2. The number of hydrogen-bond donors (Lipinski definition) is 5. The van der Waals surface area contributed by atoms with Crippen LogP contribution >= 0.6 is 0 Å². The van der Waals surface area contributed by atoms with Crippen molar-refractivity contribution in [3.05, 3.63) is 17.7 Å². The first-order chi connectivity index (χ1) is 7.13. The standard InChI is InChI=1S/C8H14N6O/c1-2-5-6(13-4-12-5)3-11-7(9)14-8(10)15/h4H,2-3H2,1H3,(H,12,13)(H5,9,10,11,14,15). The minimum Gasteiger partial charge on any atom is -0.351 e. The number of carbonyl (C=O) groups excluding carboxylic acids is 1. The molecule has 0 saturated carbocycles. The van der Waals surface area contributed by atoms with Crippen LogP contribution in [-0.2, 0) is 13.0 Å². The van der Waals surface area contributed by atoms with E-state index in [1.165, 1.54) is 0 Å². The molecule has 0 aliphatic rings. The number of aryl methyl sites for hydroxylation is 1. The highest BCUT2D eigenvalue weighted by atomic mass is 16.2. The monoisotopic (exact) mass is 210 g/mol. The van der Waals surface area contributed by atoms with E-state index in [-0.39, 0.29) is 5.96 Å². The zero-order chi connectivity index (χ0) is 11.3. The van der Waals surface area contributed by atoms with Gasteiger partial charge in [-0.1, -0.05) is 6.92 Å². The van der Waals surface area contributed by atoms with Crippen LogP contribution in [0.5, 0.6) is 0 Å². The van der Waals surface area contributed by atoms with Gasteiger partial charge in [-0.05, 0) is 6.42 Å². The van der Waals surface area contributed by atoms with E-state index >= 15 is 0 Å². The van der Waals surface area contributed by atoms with Crippen molar-refractivity contribution in [1.29, 1.82) is 5.41 Å². The number of rotatable bonds is 3. The number of nitrogens with one attached hydrogen (secondary N) is 4. The number of guanidine groups is 1. The van der Waals surface area contributed by atoms with Crippen LogP contribution in [0.25, 0.3) is 0 Å². The van der Waals surface area contributed by atoms with E-state index in [1.54, 1.807) is 6.33 Å². The van der Waals surface area contributed by atoms with Crippen LogP contribution in [0.1, 0.15) is 18.3 Å². The molecule has 82 valence electrons. The first-order valence-electron chi connectivity index (χ1n) is 4.53. The molecule has 0 spiro atoms. The molecule has 1 heterocycles. The molecule has 0 aromatic carbocycles. The molecule has 15 heavy (non-hydrogen) atoms. The van der Waals surface area contributed by atoms with Gasteiger partial charge in [0.25, 0.3) is 0 Å². The summed E-state index contributed by atoms with van der Waals surface area (Å²) in [5, 5.41) is 12.1. The average Bonchev–Trinajstić information content (AvgIpc) is 2.60. The van der Waals surface area contributed by atoms with Crippen molar-refractivity contribution in [1.82, 2.24) is 20.6 Å². The molecule has 1 aromatic heterocycles. The minimum atomic E-state index is -0.759. The molecule has 0 unspecified atom stereocenters. The second-order valence-electron chi connectivity index (χ2n) is 2.90. The van der Waals surface area contributed by atoms with E-state index in [1.807, 2.05) is 6.92 Å². The van der Waals surface area contributed by atoms with Gasteiger partial charge in [0.15, 0.2) is 5.96 Å². The van der Waals surface area contributed by atoms with Gasteiger partial charge in [-0.3, -0.25) is 10.7 Å². The minimum absolute atomic E-state index is 0.132. The van der Waals surface area contributed by atoms with Gasteiger partial charge in [-0.2, -0.15) is 0 Å². The molecule has 0 saturated heterocycles. The summed E-state index contributed by atoms with van der Waals surface area (Å²) in [5.74, 6) is -0.132. The fourth-order valence-electron chi connectivity index (χ4n) is 1.15. The second-order valence-corrected chi connectivity index (χ2v) is 2.90. The molecule has 6 N–H and O–H groups in total. The number of aromatic amines is 1. The number of aromatic nitrogens is 2. The zero-order valence-electron chi connectivity index (χ0n) is 8.42. The lowest BCUT2D eigenvalue weighted by atomic mass is 10.2. The fraction of sp³-hybridized carbons (Fsp3) is 0.375. The summed E-state index contributed by atoms with van der Waals surface area (Å²) < 4.78 is 0. The summed E-state index contributed by atoms with van der Waals surface area (Å²) >= 11 is 0. The molecule has 0 radical (unpaired) electrons. The van der Waals surface area contributed by atoms with Crippen molar-refractivity contribution < 1.29 is 4.79 Å². The van der Waals surface area contributed by atoms with Crippen molar-refractivity contribution in [2.45, 2.75) is 19.9 Å². The Morgan fingerprint density at radius 1 is 1.73 bits per heavy atom. The predicted molar refractivity (Wildman–Crippen MR) is 55.3 cm³/mol. The first-order valence-corrected chi connectivity index (χ1v) is 4.53. The van der Waals surface area contributed by atoms with Crippen LogP contribution in [0.2, 0.25) is 0 Å². The van der Waals surface area contributed by atoms with E-state index in [0.717, 1.165) is 17.8 Å². The summed E-state index contributed by atoms with van der Waals surface area (Å²) in [6, 6.07) is -0.759. The van der Waals surface area contributed by atoms with Crippen LogP contribution in [0.3, 0.4) is 0 Å². The smallest absolute Gasteiger partial charge is 0.318 e. The molecule has 0 atom stereocenters. The van der Waals surface area contributed by atoms with Gasteiger partial charge in [-0.25, -0.2) is 9.78 Å². The third kappa shape index (κ3) is 3.29. The Bertz CT molecular complexity index is 358. The summed E-state index contributed by atoms with van der Waals surface area (Å²) in [6.07, 6.45) is 2.44. The van der Waals surface area contributed by atoms with Crippen molar-refractivity contribution in [3.63, 3.8) is 0 Å². The van der Waals surface area contributed by atoms with Gasteiger partial charge in [0, 0.05) is 5.69 Å². The third-order valence-electron chi connectivity index (χ3n) is 1.84. The summed E-state index contributed by atoms with van der Waals surface area (Å²) in [7, 11) is 0. The molecule has 0 bridgehead atoms. The predicted octanol–water partition coefficient (Wildman–Crippen LogP) is -0.335. The molecule has 7 heteroatoms. The number of H-pyrrole nitrogens is 1. The topological polar surface area (TPSA) is 120 Å². The van der Waals surface area contributed by atoms with Gasteiger partial charge >= 0.3 is 6.03 Å². The van der Waals surface area contributed by atoms with Crippen molar-refractivity contribution in [3.8, 4) is 0 Å². The summed E-state index contributed by atoms with van der Waals surface area (Å²) in [6.45, 7) is 2.38. The molecule has 1 aromatic rings. The van der Waals surface area contributed by atoms with Gasteiger partial charge in [0.1, 0.15) is 0 Å². The Kier molecular flexibility index (Phi) is 3.67. The van der Waals surface area contributed by atoms with Crippen molar-refractivity contribution >= 4 is 12.0 Å². The SMILES string of the molecule is CCc1[nH]cnc1CNC(=N)NC(N)=O.